The smallest absolute Gasteiger partial charge is 0.100 e. The summed E-state index contributed by atoms with van der Waals surface area (Å²) in [4.78, 5) is 0.682. The van der Waals surface area contributed by atoms with Gasteiger partial charge in [0.1, 0.15) is 5.71 Å². The lowest BCUT2D eigenvalue weighted by Gasteiger charge is -2.17. The molecule has 0 radical (unpaired) electrons. The molecule has 0 saturated carbocycles. The highest BCUT2D eigenvalue weighted by molar-refractivity contribution is 7.85. The molecule has 1 N–H and O–H groups in total. The fourth-order valence-electron chi connectivity index (χ4n) is 2.64. The number of halogens is 2. The van der Waals surface area contributed by atoms with E-state index in [0.717, 1.165) is 22.3 Å². The highest BCUT2D eigenvalue weighted by Gasteiger charge is 2.21. The molecule has 0 fully saturated rings. The SMILES string of the molecule is Cc1ccc([S@](=O)C/C(=N/O)c2c(C)c(Cl)c(C)c(Cl)c2C)cc1. The number of benzene rings is 2. The third kappa shape index (κ3) is 3.66. The van der Waals surface area contributed by atoms with Crippen molar-refractivity contribution in [1.82, 2.24) is 0 Å². The molecular formula is C18H19Cl2NO2S. The lowest BCUT2D eigenvalue weighted by atomic mass is 9.96. The van der Waals surface area contributed by atoms with Crippen LogP contribution < -0.4 is 0 Å². The standard InChI is InChI=1S/C18H19Cl2NO2S/c1-10-5-7-14(8-6-10)24(23)9-15(21-22)16-11(2)17(19)13(4)18(20)12(16)3/h5-8,22H,9H2,1-4H3/b21-15-/t24-/m1/s1. The van der Waals surface area contributed by atoms with Crippen LogP contribution in [0.2, 0.25) is 10.0 Å². The lowest BCUT2D eigenvalue weighted by molar-refractivity contribution is 0.319. The van der Waals surface area contributed by atoms with Gasteiger partial charge in [0.2, 0.25) is 0 Å². The first-order valence-corrected chi connectivity index (χ1v) is 9.46. The maximum atomic E-state index is 12.6. The second kappa shape index (κ2) is 7.68. The van der Waals surface area contributed by atoms with E-state index < -0.39 is 10.8 Å². The molecule has 6 heteroatoms. The highest BCUT2D eigenvalue weighted by atomic mass is 35.5. The molecule has 2 rings (SSSR count). The van der Waals surface area contributed by atoms with Crippen LogP contribution >= 0.6 is 23.2 Å². The molecule has 0 aromatic heterocycles. The minimum atomic E-state index is -1.33. The van der Waals surface area contributed by atoms with Gasteiger partial charge in [-0.3, -0.25) is 4.21 Å². The van der Waals surface area contributed by atoms with Crippen molar-refractivity contribution < 1.29 is 9.42 Å². The maximum Gasteiger partial charge on any atom is 0.100 e. The second-order valence-electron chi connectivity index (χ2n) is 5.73. The van der Waals surface area contributed by atoms with Crippen LogP contribution in [0.4, 0.5) is 0 Å². The molecule has 2 aromatic rings. The fraction of sp³-hybridized carbons (Fsp3) is 0.278. The molecule has 0 bridgehead atoms. The Balaban J connectivity index is 2.44. The van der Waals surface area contributed by atoms with E-state index in [4.69, 9.17) is 23.2 Å². The van der Waals surface area contributed by atoms with Crippen molar-refractivity contribution in [3.63, 3.8) is 0 Å². The average molecular weight is 384 g/mol. The molecule has 24 heavy (non-hydrogen) atoms. The lowest BCUT2D eigenvalue weighted by Crippen LogP contribution is -2.16. The Hall–Kier alpha value is -1.36. The summed E-state index contributed by atoms with van der Waals surface area (Å²) >= 11 is 12.7. The molecule has 0 heterocycles. The summed E-state index contributed by atoms with van der Waals surface area (Å²) in [5.74, 6) is 0.0803. The molecule has 0 amide bonds. The van der Waals surface area contributed by atoms with Crippen molar-refractivity contribution in [2.24, 2.45) is 5.16 Å². The van der Waals surface area contributed by atoms with Gasteiger partial charge in [-0.2, -0.15) is 0 Å². The Labute approximate surface area is 154 Å². The zero-order valence-corrected chi connectivity index (χ0v) is 16.3. The molecule has 128 valence electrons. The molecule has 0 aliphatic rings. The van der Waals surface area contributed by atoms with Crippen LogP contribution in [0.1, 0.15) is 27.8 Å². The van der Waals surface area contributed by atoms with Crippen molar-refractivity contribution in [3.05, 3.63) is 62.1 Å². The van der Waals surface area contributed by atoms with Gasteiger partial charge in [-0.25, -0.2) is 0 Å². The van der Waals surface area contributed by atoms with Crippen LogP contribution in [0, 0.1) is 27.7 Å². The summed E-state index contributed by atoms with van der Waals surface area (Å²) in [5.41, 5.74) is 4.38. The van der Waals surface area contributed by atoms with Gasteiger partial charge in [0.25, 0.3) is 0 Å². The van der Waals surface area contributed by atoms with Gasteiger partial charge in [0.15, 0.2) is 0 Å². The molecule has 0 spiro atoms. The van der Waals surface area contributed by atoms with Crippen LogP contribution in [-0.4, -0.2) is 20.9 Å². The van der Waals surface area contributed by atoms with E-state index >= 15 is 0 Å². The molecule has 0 unspecified atom stereocenters. The molecule has 0 saturated heterocycles. The molecule has 3 nitrogen and oxygen atoms in total. The van der Waals surface area contributed by atoms with Crippen LogP contribution in [0.3, 0.4) is 0 Å². The van der Waals surface area contributed by atoms with Gasteiger partial charge in [-0.05, 0) is 56.5 Å². The fourth-order valence-corrected chi connectivity index (χ4v) is 4.12. The zero-order chi connectivity index (χ0) is 18.0. The summed E-state index contributed by atoms with van der Waals surface area (Å²) in [7, 11) is -1.33. The van der Waals surface area contributed by atoms with E-state index in [1.807, 2.05) is 52.0 Å². The first-order valence-electron chi connectivity index (χ1n) is 7.39. The Morgan fingerprint density at radius 3 is 1.96 bits per heavy atom. The summed E-state index contributed by atoms with van der Waals surface area (Å²) in [6.07, 6.45) is 0. The number of hydrogen-bond donors (Lipinski definition) is 1. The minimum absolute atomic E-state index is 0.0803. The minimum Gasteiger partial charge on any atom is -0.411 e. The molecular weight excluding hydrogens is 365 g/mol. The van der Waals surface area contributed by atoms with Crippen molar-refractivity contribution >= 4 is 39.7 Å². The average Bonchev–Trinajstić information content (AvgIpc) is 2.57. The Morgan fingerprint density at radius 2 is 1.50 bits per heavy atom. The van der Waals surface area contributed by atoms with E-state index in [1.54, 1.807) is 0 Å². The van der Waals surface area contributed by atoms with E-state index in [9.17, 15) is 9.42 Å². The third-order valence-electron chi connectivity index (χ3n) is 4.03. The van der Waals surface area contributed by atoms with Gasteiger partial charge in [-0.15, -0.1) is 0 Å². The number of hydrogen-bond acceptors (Lipinski definition) is 3. The van der Waals surface area contributed by atoms with Gasteiger partial charge in [0.05, 0.1) is 16.6 Å². The number of rotatable bonds is 4. The highest BCUT2D eigenvalue weighted by Crippen LogP contribution is 2.34. The van der Waals surface area contributed by atoms with E-state index in [-0.39, 0.29) is 5.75 Å². The third-order valence-corrected chi connectivity index (χ3v) is 6.50. The van der Waals surface area contributed by atoms with Gasteiger partial charge < -0.3 is 5.21 Å². The number of aryl methyl sites for hydroxylation is 1. The van der Waals surface area contributed by atoms with Crippen molar-refractivity contribution in [3.8, 4) is 0 Å². The molecule has 2 aromatic carbocycles. The predicted molar refractivity (Wildman–Crippen MR) is 101 cm³/mol. The van der Waals surface area contributed by atoms with Crippen molar-refractivity contribution in [2.75, 3.05) is 5.75 Å². The van der Waals surface area contributed by atoms with E-state index in [0.29, 0.717) is 26.2 Å². The number of oxime groups is 1. The normalized spacial score (nSPS) is 13.2. The van der Waals surface area contributed by atoms with Crippen LogP contribution in [0.15, 0.2) is 34.3 Å². The van der Waals surface area contributed by atoms with Gasteiger partial charge in [-0.1, -0.05) is 46.1 Å². The van der Waals surface area contributed by atoms with E-state index in [1.165, 1.54) is 0 Å². The van der Waals surface area contributed by atoms with Gasteiger partial charge >= 0.3 is 0 Å². The molecule has 0 aliphatic carbocycles. The van der Waals surface area contributed by atoms with Gasteiger partial charge in [0, 0.05) is 20.5 Å². The summed E-state index contributed by atoms with van der Waals surface area (Å²) in [6, 6.07) is 7.43. The quantitative estimate of drug-likeness (QED) is 0.447. The van der Waals surface area contributed by atoms with Crippen LogP contribution in [-0.2, 0) is 10.8 Å². The van der Waals surface area contributed by atoms with Crippen molar-refractivity contribution in [1.29, 1.82) is 0 Å². The Kier molecular flexibility index (Phi) is 6.07. The molecule has 0 aliphatic heterocycles. The largest absolute Gasteiger partial charge is 0.411 e. The van der Waals surface area contributed by atoms with Crippen LogP contribution in [0.25, 0.3) is 0 Å². The predicted octanol–water partition coefficient (Wildman–Crippen LogP) is 5.21. The van der Waals surface area contributed by atoms with Crippen LogP contribution in [0.5, 0.6) is 0 Å². The molecule has 1 atom stereocenters. The summed E-state index contributed by atoms with van der Waals surface area (Å²) in [6.45, 7) is 7.49. The zero-order valence-electron chi connectivity index (χ0n) is 14.0. The summed E-state index contributed by atoms with van der Waals surface area (Å²) < 4.78 is 12.6. The maximum absolute atomic E-state index is 12.6. The van der Waals surface area contributed by atoms with E-state index in [2.05, 4.69) is 5.16 Å². The second-order valence-corrected chi connectivity index (χ2v) is 7.93. The summed E-state index contributed by atoms with van der Waals surface area (Å²) in [5, 5.41) is 13.9. The monoisotopic (exact) mass is 383 g/mol. The topological polar surface area (TPSA) is 49.7 Å². The first kappa shape index (κ1) is 19.0. The Morgan fingerprint density at radius 1 is 1.00 bits per heavy atom. The van der Waals surface area contributed by atoms with Crippen molar-refractivity contribution in [2.45, 2.75) is 32.6 Å². The number of nitrogens with zero attached hydrogens (tertiary/aromatic N) is 1. The first-order chi connectivity index (χ1) is 11.3. The Bertz CT molecular complexity index is 801.